The number of nitrogens with zero attached hydrogens (tertiary/aromatic N) is 6. The zero-order valence-corrected chi connectivity index (χ0v) is 19.1. The van der Waals surface area contributed by atoms with Gasteiger partial charge < -0.3 is 9.80 Å². The second-order valence-electron chi connectivity index (χ2n) is 7.95. The standard InChI is InChI=1S/C24H22N6O3S/c31-22(27-11-13-28(14-12-27)24-25-10-15-34-24)16-19-17-29(20-4-2-1-3-5-20)26-23(19)18-6-8-21(9-7-18)30(32)33/h1-10,15,17H,11-14,16H2. The number of non-ortho nitro benzene ring substituents is 1. The molecule has 0 saturated carbocycles. The van der Waals surface area contributed by atoms with E-state index >= 15 is 0 Å². The number of hydrogen-bond donors (Lipinski definition) is 0. The first-order valence-electron chi connectivity index (χ1n) is 10.9. The molecule has 2 aromatic carbocycles. The highest BCUT2D eigenvalue weighted by molar-refractivity contribution is 7.13. The SMILES string of the molecule is O=C(Cc1cn(-c2ccccc2)nc1-c1ccc([N+](=O)[O-])cc1)N1CCN(c2nccs2)CC1. The molecule has 0 N–H and O–H groups in total. The average molecular weight is 475 g/mol. The number of anilines is 1. The van der Waals surface area contributed by atoms with Crippen molar-refractivity contribution in [3.63, 3.8) is 0 Å². The van der Waals surface area contributed by atoms with Gasteiger partial charge in [-0.3, -0.25) is 14.9 Å². The van der Waals surface area contributed by atoms with Crippen molar-refractivity contribution in [3.05, 3.63) is 88.0 Å². The highest BCUT2D eigenvalue weighted by Crippen LogP contribution is 2.27. The van der Waals surface area contributed by atoms with Crippen molar-refractivity contribution in [1.82, 2.24) is 19.7 Å². The third-order valence-electron chi connectivity index (χ3n) is 5.83. The van der Waals surface area contributed by atoms with Crippen molar-refractivity contribution in [1.29, 1.82) is 0 Å². The van der Waals surface area contributed by atoms with E-state index < -0.39 is 4.92 Å². The van der Waals surface area contributed by atoms with Gasteiger partial charge in [-0.15, -0.1) is 11.3 Å². The fourth-order valence-electron chi connectivity index (χ4n) is 4.03. The number of amides is 1. The Labute approximate surface area is 200 Å². The first-order chi connectivity index (χ1) is 16.6. The summed E-state index contributed by atoms with van der Waals surface area (Å²) in [4.78, 5) is 32.3. The Kier molecular flexibility index (Phi) is 6.05. The molecule has 0 atom stereocenters. The molecule has 1 saturated heterocycles. The molecule has 0 unspecified atom stereocenters. The van der Waals surface area contributed by atoms with Crippen molar-refractivity contribution >= 4 is 28.1 Å². The van der Waals surface area contributed by atoms with Crippen molar-refractivity contribution in [2.24, 2.45) is 0 Å². The van der Waals surface area contributed by atoms with Crippen molar-refractivity contribution < 1.29 is 9.72 Å². The molecule has 1 amide bonds. The van der Waals surface area contributed by atoms with Crippen LogP contribution < -0.4 is 4.90 Å². The Hall–Kier alpha value is -4.05. The van der Waals surface area contributed by atoms with E-state index in [1.807, 2.05) is 46.8 Å². The largest absolute Gasteiger partial charge is 0.345 e. The molecule has 5 rings (SSSR count). The van der Waals surface area contributed by atoms with Gasteiger partial charge in [0.2, 0.25) is 5.91 Å². The van der Waals surface area contributed by atoms with Gasteiger partial charge in [-0.2, -0.15) is 5.10 Å². The van der Waals surface area contributed by atoms with Crippen LogP contribution in [0.15, 0.2) is 72.4 Å². The number of piperazine rings is 1. The summed E-state index contributed by atoms with van der Waals surface area (Å²) in [5.41, 5.74) is 3.05. The van der Waals surface area contributed by atoms with Gasteiger partial charge in [0.15, 0.2) is 5.13 Å². The lowest BCUT2D eigenvalue weighted by Gasteiger charge is -2.34. The number of nitro benzene ring substituents is 1. The summed E-state index contributed by atoms with van der Waals surface area (Å²) in [5.74, 6) is 0.0366. The molecule has 2 aromatic heterocycles. The van der Waals surface area contributed by atoms with Crippen molar-refractivity contribution in [2.75, 3.05) is 31.1 Å². The monoisotopic (exact) mass is 474 g/mol. The van der Waals surface area contributed by atoms with E-state index in [1.165, 1.54) is 12.1 Å². The average Bonchev–Trinajstić information content (AvgIpc) is 3.56. The number of benzene rings is 2. The zero-order chi connectivity index (χ0) is 23.5. The maximum atomic E-state index is 13.2. The maximum absolute atomic E-state index is 13.2. The number of hydrogen-bond acceptors (Lipinski definition) is 7. The van der Waals surface area contributed by atoms with Crippen LogP contribution in [-0.4, -0.2) is 56.7 Å². The summed E-state index contributed by atoms with van der Waals surface area (Å²) in [6.45, 7) is 2.77. The number of rotatable bonds is 6. The minimum Gasteiger partial charge on any atom is -0.345 e. The first kappa shape index (κ1) is 21.8. The zero-order valence-electron chi connectivity index (χ0n) is 18.3. The third-order valence-corrected chi connectivity index (χ3v) is 6.66. The molecule has 0 aliphatic carbocycles. The molecule has 0 spiro atoms. The van der Waals surface area contributed by atoms with E-state index in [1.54, 1.807) is 34.3 Å². The normalized spacial score (nSPS) is 13.8. The van der Waals surface area contributed by atoms with Gasteiger partial charge in [-0.05, 0) is 24.3 Å². The Morgan fingerprint density at radius 1 is 1.03 bits per heavy atom. The van der Waals surface area contributed by atoms with Gasteiger partial charge in [0, 0.05) is 67.2 Å². The molecule has 34 heavy (non-hydrogen) atoms. The Bertz CT molecular complexity index is 1280. The molecule has 1 aliphatic heterocycles. The van der Waals surface area contributed by atoms with Gasteiger partial charge >= 0.3 is 0 Å². The molecule has 9 nitrogen and oxygen atoms in total. The van der Waals surface area contributed by atoms with Crippen LogP contribution in [0.3, 0.4) is 0 Å². The Morgan fingerprint density at radius 3 is 2.41 bits per heavy atom. The highest BCUT2D eigenvalue weighted by Gasteiger charge is 2.24. The second-order valence-corrected chi connectivity index (χ2v) is 8.82. The van der Waals surface area contributed by atoms with Crippen LogP contribution in [0.1, 0.15) is 5.56 Å². The van der Waals surface area contributed by atoms with Crippen molar-refractivity contribution in [2.45, 2.75) is 6.42 Å². The molecule has 10 heteroatoms. The van der Waals surface area contributed by atoms with Crippen LogP contribution in [-0.2, 0) is 11.2 Å². The lowest BCUT2D eigenvalue weighted by atomic mass is 10.0. The molecule has 172 valence electrons. The number of thiazole rings is 1. The van der Waals surface area contributed by atoms with E-state index in [0.717, 1.165) is 35.0 Å². The summed E-state index contributed by atoms with van der Waals surface area (Å²) in [6.07, 6.45) is 3.87. The van der Waals surface area contributed by atoms with E-state index in [4.69, 9.17) is 5.10 Å². The van der Waals surface area contributed by atoms with E-state index in [-0.39, 0.29) is 18.0 Å². The number of carbonyl (C=O) groups excluding carboxylic acids is 1. The predicted molar refractivity (Wildman–Crippen MR) is 130 cm³/mol. The minimum atomic E-state index is -0.428. The van der Waals surface area contributed by atoms with Crippen LogP contribution in [0.5, 0.6) is 0 Å². The number of para-hydroxylation sites is 1. The minimum absolute atomic E-state index is 0.0157. The van der Waals surface area contributed by atoms with Gasteiger partial charge in [0.05, 0.1) is 22.7 Å². The van der Waals surface area contributed by atoms with Crippen LogP contribution in [0, 0.1) is 10.1 Å². The molecular formula is C24H22N6O3S. The quantitative estimate of drug-likeness (QED) is 0.312. The summed E-state index contributed by atoms with van der Waals surface area (Å²) >= 11 is 1.60. The van der Waals surface area contributed by atoms with Gasteiger partial charge in [0.25, 0.3) is 5.69 Å². The number of nitro groups is 1. The molecule has 0 bridgehead atoms. The molecule has 4 aromatic rings. The topological polar surface area (TPSA) is 97.4 Å². The summed E-state index contributed by atoms with van der Waals surface area (Å²) in [5, 5.41) is 18.7. The predicted octanol–water partition coefficient (Wildman–Crippen LogP) is 3.80. The summed E-state index contributed by atoms with van der Waals surface area (Å²) in [6, 6.07) is 15.9. The third kappa shape index (κ3) is 4.53. The lowest BCUT2D eigenvalue weighted by Crippen LogP contribution is -2.49. The van der Waals surface area contributed by atoms with E-state index in [2.05, 4.69) is 9.88 Å². The van der Waals surface area contributed by atoms with E-state index in [0.29, 0.717) is 18.8 Å². The van der Waals surface area contributed by atoms with Gasteiger partial charge in [0.1, 0.15) is 0 Å². The fraction of sp³-hybridized carbons (Fsp3) is 0.208. The molecular weight excluding hydrogens is 452 g/mol. The van der Waals surface area contributed by atoms with Gasteiger partial charge in [-0.25, -0.2) is 9.67 Å². The van der Waals surface area contributed by atoms with Crippen LogP contribution in [0.25, 0.3) is 16.9 Å². The van der Waals surface area contributed by atoms with Gasteiger partial charge in [-0.1, -0.05) is 18.2 Å². The molecule has 3 heterocycles. The second kappa shape index (κ2) is 9.44. The fourth-order valence-corrected chi connectivity index (χ4v) is 4.73. The number of carbonyl (C=O) groups is 1. The molecule has 1 aliphatic rings. The first-order valence-corrected chi connectivity index (χ1v) is 11.8. The lowest BCUT2D eigenvalue weighted by molar-refractivity contribution is -0.384. The van der Waals surface area contributed by atoms with Crippen LogP contribution in [0.4, 0.5) is 10.8 Å². The summed E-state index contributed by atoms with van der Waals surface area (Å²) in [7, 11) is 0. The number of aromatic nitrogens is 3. The Balaban J connectivity index is 1.38. The summed E-state index contributed by atoms with van der Waals surface area (Å²) < 4.78 is 1.75. The molecule has 1 fully saturated rings. The van der Waals surface area contributed by atoms with Crippen LogP contribution >= 0.6 is 11.3 Å². The molecule has 0 radical (unpaired) electrons. The maximum Gasteiger partial charge on any atom is 0.269 e. The smallest absolute Gasteiger partial charge is 0.269 e. The highest BCUT2D eigenvalue weighted by atomic mass is 32.1. The van der Waals surface area contributed by atoms with E-state index in [9.17, 15) is 14.9 Å². The van der Waals surface area contributed by atoms with Crippen molar-refractivity contribution in [3.8, 4) is 16.9 Å². The Morgan fingerprint density at radius 2 is 1.76 bits per heavy atom. The van der Waals surface area contributed by atoms with Crippen LogP contribution in [0.2, 0.25) is 0 Å².